The molecular weight excluding hydrogens is 172 g/mol. The van der Waals surface area contributed by atoms with Crippen LogP contribution < -0.4 is 10.4 Å². The van der Waals surface area contributed by atoms with E-state index < -0.39 is 0 Å². The molecule has 0 bridgehead atoms. The third-order valence-corrected chi connectivity index (χ3v) is 2.89. The minimum Gasteiger partial charge on any atom is -0.281 e. The molecule has 1 aromatic rings. The summed E-state index contributed by atoms with van der Waals surface area (Å²) in [5.41, 5.74) is 7.35. The van der Waals surface area contributed by atoms with E-state index in [1.807, 2.05) is 6.07 Å². The molecular formula is C12H16N2. The van der Waals surface area contributed by atoms with Gasteiger partial charge in [0.05, 0.1) is 5.69 Å². The van der Waals surface area contributed by atoms with Gasteiger partial charge in [0, 0.05) is 11.7 Å². The van der Waals surface area contributed by atoms with E-state index in [1.54, 1.807) is 0 Å². The normalized spacial score (nSPS) is 21.9. The minimum absolute atomic E-state index is 0.440. The predicted molar refractivity (Wildman–Crippen MR) is 59.9 cm³/mol. The average molecular weight is 188 g/mol. The van der Waals surface area contributed by atoms with Crippen LogP contribution in [0.4, 0.5) is 5.69 Å². The standard InChI is InChI=1S/C12H16N2/c1-9-10(2)13-14(11(9)3)12-7-5-4-6-8-12/h4-8,10,13H,1-3H3. The van der Waals surface area contributed by atoms with E-state index >= 15 is 0 Å². The van der Waals surface area contributed by atoms with Crippen molar-refractivity contribution in [2.45, 2.75) is 26.8 Å². The SMILES string of the molecule is CC1=C(C)N(c2ccccc2)NC1C. The molecule has 2 nitrogen and oxygen atoms in total. The van der Waals surface area contributed by atoms with E-state index in [9.17, 15) is 0 Å². The maximum Gasteiger partial charge on any atom is 0.0574 e. The van der Waals surface area contributed by atoms with Crippen LogP contribution in [0.15, 0.2) is 41.6 Å². The monoisotopic (exact) mass is 188 g/mol. The first kappa shape index (κ1) is 9.28. The summed E-state index contributed by atoms with van der Waals surface area (Å²) in [6, 6.07) is 10.8. The number of nitrogens with zero attached hydrogens (tertiary/aromatic N) is 1. The van der Waals surface area contributed by atoms with E-state index in [-0.39, 0.29) is 0 Å². The number of anilines is 1. The lowest BCUT2D eigenvalue weighted by molar-refractivity contribution is 0.659. The number of nitrogens with one attached hydrogen (secondary N) is 1. The van der Waals surface area contributed by atoms with Gasteiger partial charge in [-0.05, 0) is 38.5 Å². The summed E-state index contributed by atoms with van der Waals surface area (Å²) in [6.45, 7) is 6.51. The van der Waals surface area contributed by atoms with Gasteiger partial charge in [-0.3, -0.25) is 5.01 Å². The smallest absolute Gasteiger partial charge is 0.0574 e. The highest BCUT2D eigenvalue weighted by Gasteiger charge is 2.22. The summed E-state index contributed by atoms with van der Waals surface area (Å²) in [5.74, 6) is 0. The molecule has 1 aliphatic heterocycles. The number of hydrogen-bond donors (Lipinski definition) is 1. The molecule has 0 aliphatic carbocycles. The van der Waals surface area contributed by atoms with Crippen LogP contribution in [0.5, 0.6) is 0 Å². The van der Waals surface area contributed by atoms with Gasteiger partial charge in [-0.15, -0.1) is 0 Å². The van der Waals surface area contributed by atoms with Crippen molar-refractivity contribution in [2.24, 2.45) is 0 Å². The van der Waals surface area contributed by atoms with Gasteiger partial charge in [-0.1, -0.05) is 18.2 Å². The molecule has 1 unspecified atom stereocenters. The topological polar surface area (TPSA) is 15.3 Å². The summed E-state index contributed by atoms with van der Waals surface area (Å²) in [4.78, 5) is 0. The maximum atomic E-state index is 3.43. The van der Waals surface area contributed by atoms with Gasteiger partial charge >= 0.3 is 0 Å². The fourth-order valence-corrected chi connectivity index (χ4v) is 1.72. The lowest BCUT2D eigenvalue weighted by Gasteiger charge is -2.21. The van der Waals surface area contributed by atoms with Crippen molar-refractivity contribution in [3.8, 4) is 0 Å². The van der Waals surface area contributed by atoms with Crippen molar-refractivity contribution in [3.05, 3.63) is 41.6 Å². The molecule has 74 valence electrons. The molecule has 0 aromatic heterocycles. The van der Waals surface area contributed by atoms with Crippen LogP contribution in [0.2, 0.25) is 0 Å². The highest BCUT2D eigenvalue weighted by molar-refractivity contribution is 5.53. The molecule has 1 aromatic carbocycles. The molecule has 0 amide bonds. The van der Waals surface area contributed by atoms with Crippen LogP contribution in [0.1, 0.15) is 20.8 Å². The Morgan fingerprint density at radius 1 is 1.14 bits per heavy atom. The maximum absolute atomic E-state index is 3.43. The number of rotatable bonds is 1. The van der Waals surface area contributed by atoms with Crippen LogP contribution >= 0.6 is 0 Å². The molecule has 0 fully saturated rings. The fourth-order valence-electron chi connectivity index (χ4n) is 1.72. The summed E-state index contributed by atoms with van der Waals surface area (Å²) in [7, 11) is 0. The molecule has 1 heterocycles. The molecule has 1 atom stereocenters. The Kier molecular flexibility index (Phi) is 2.30. The zero-order valence-electron chi connectivity index (χ0n) is 8.91. The van der Waals surface area contributed by atoms with Crippen molar-refractivity contribution >= 4 is 5.69 Å². The highest BCUT2D eigenvalue weighted by atomic mass is 15.5. The number of para-hydroxylation sites is 1. The van der Waals surface area contributed by atoms with Gasteiger partial charge in [-0.2, -0.15) is 0 Å². The molecule has 1 aliphatic rings. The van der Waals surface area contributed by atoms with Crippen LogP contribution in [0, 0.1) is 0 Å². The first-order chi connectivity index (χ1) is 6.70. The quantitative estimate of drug-likeness (QED) is 0.729. The van der Waals surface area contributed by atoms with Crippen LogP contribution in [-0.2, 0) is 0 Å². The molecule has 1 N–H and O–H groups in total. The number of hydrogen-bond acceptors (Lipinski definition) is 2. The molecule has 0 saturated carbocycles. The van der Waals surface area contributed by atoms with Crippen LogP contribution in [0.25, 0.3) is 0 Å². The number of benzene rings is 1. The Labute approximate surface area is 85.2 Å². The average Bonchev–Trinajstić information content (AvgIpc) is 2.47. The largest absolute Gasteiger partial charge is 0.281 e. The van der Waals surface area contributed by atoms with E-state index in [4.69, 9.17) is 0 Å². The van der Waals surface area contributed by atoms with E-state index in [2.05, 4.69) is 55.5 Å². The van der Waals surface area contributed by atoms with E-state index in [0.717, 1.165) is 0 Å². The second-order valence-electron chi connectivity index (χ2n) is 3.79. The summed E-state index contributed by atoms with van der Waals surface area (Å²) in [6.07, 6.45) is 0. The Balaban J connectivity index is 2.32. The molecule has 14 heavy (non-hydrogen) atoms. The van der Waals surface area contributed by atoms with Gasteiger partial charge in [0.15, 0.2) is 0 Å². The molecule has 2 rings (SSSR count). The Bertz CT molecular complexity index is 354. The van der Waals surface area contributed by atoms with Crippen molar-refractivity contribution < 1.29 is 0 Å². The summed E-state index contributed by atoms with van der Waals surface area (Å²) >= 11 is 0. The molecule has 0 radical (unpaired) electrons. The lowest BCUT2D eigenvalue weighted by atomic mass is 10.1. The summed E-state index contributed by atoms with van der Waals surface area (Å²) in [5, 5.41) is 2.15. The zero-order valence-corrected chi connectivity index (χ0v) is 8.91. The minimum atomic E-state index is 0.440. The molecule has 0 saturated heterocycles. The van der Waals surface area contributed by atoms with Gasteiger partial charge in [0.1, 0.15) is 0 Å². The Morgan fingerprint density at radius 2 is 1.79 bits per heavy atom. The highest BCUT2D eigenvalue weighted by Crippen LogP contribution is 2.25. The zero-order chi connectivity index (χ0) is 10.1. The van der Waals surface area contributed by atoms with Gasteiger partial charge in [-0.25, -0.2) is 5.43 Å². The summed E-state index contributed by atoms with van der Waals surface area (Å²) < 4.78 is 0. The lowest BCUT2D eigenvalue weighted by Crippen LogP contribution is -2.35. The Hall–Kier alpha value is -1.28. The van der Waals surface area contributed by atoms with Crippen molar-refractivity contribution in [3.63, 3.8) is 0 Å². The first-order valence-electron chi connectivity index (χ1n) is 4.99. The van der Waals surface area contributed by atoms with Crippen LogP contribution in [0.3, 0.4) is 0 Å². The van der Waals surface area contributed by atoms with Crippen LogP contribution in [-0.4, -0.2) is 6.04 Å². The second-order valence-corrected chi connectivity index (χ2v) is 3.79. The van der Waals surface area contributed by atoms with Gasteiger partial charge < -0.3 is 0 Å². The van der Waals surface area contributed by atoms with E-state index in [0.29, 0.717) is 6.04 Å². The fraction of sp³-hybridized carbons (Fsp3) is 0.333. The first-order valence-corrected chi connectivity index (χ1v) is 4.99. The van der Waals surface area contributed by atoms with Gasteiger partial charge in [0.25, 0.3) is 0 Å². The Morgan fingerprint density at radius 3 is 2.29 bits per heavy atom. The third-order valence-electron chi connectivity index (χ3n) is 2.89. The van der Waals surface area contributed by atoms with Gasteiger partial charge in [0.2, 0.25) is 0 Å². The predicted octanol–water partition coefficient (Wildman–Crippen LogP) is 2.69. The second kappa shape index (κ2) is 3.46. The van der Waals surface area contributed by atoms with Crippen molar-refractivity contribution in [1.29, 1.82) is 0 Å². The number of hydrazine groups is 1. The van der Waals surface area contributed by atoms with Crippen molar-refractivity contribution in [2.75, 3.05) is 5.01 Å². The van der Waals surface area contributed by atoms with E-state index in [1.165, 1.54) is 17.0 Å². The third kappa shape index (κ3) is 1.42. The molecule has 0 spiro atoms. The number of allylic oxidation sites excluding steroid dienone is 1. The van der Waals surface area contributed by atoms with Crippen molar-refractivity contribution in [1.82, 2.24) is 5.43 Å². The molecule has 2 heteroatoms.